The van der Waals surface area contributed by atoms with Crippen molar-refractivity contribution < 1.29 is 14.3 Å². The Kier molecular flexibility index (Phi) is 5.20. The molecule has 0 heterocycles. The second-order valence-corrected chi connectivity index (χ2v) is 4.77. The predicted octanol–water partition coefficient (Wildman–Crippen LogP) is 3.85. The first kappa shape index (κ1) is 14.6. The van der Waals surface area contributed by atoms with Crippen molar-refractivity contribution in [2.24, 2.45) is 0 Å². The van der Waals surface area contributed by atoms with E-state index in [0.717, 1.165) is 0 Å². The van der Waals surface area contributed by atoms with Gasteiger partial charge in [0.15, 0.2) is 17.3 Å². The number of hydrogen-bond acceptors (Lipinski definition) is 3. The van der Waals surface area contributed by atoms with Crippen LogP contribution in [0.1, 0.15) is 51.4 Å². The van der Waals surface area contributed by atoms with Crippen LogP contribution in [0, 0.1) is 0 Å². The zero-order valence-corrected chi connectivity index (χ0v) is 11.8. The SMILES string of the molecule is CCC(=O)c1ccc(OC(C)C)c(OC(C)C)c1. The Hall–Kier alpha value is -1.51. The average Bonchev–Trinajstić information content (AvgIpc) is 2.29. The molecule has 0 amide bonds. The quantitative estimate of drug-likeness (QED) is 0.719. The maximum absolute atomic E-state index is 11.7. The highest BCUT2D eigenvalue weighted by Crippen LogP contribution is 2.30. The third kappa shape index (κ3) is 4.06. The summed E-state index contributed by atoms with van der Waals surface area (Å²) in [7, 11) is 0. The maximum Gasteiger partial charge on any atom is 0.162 e. The molecule has 1 rings (SSSR count). The molecule has 0 spiro atoms. The van der Waals surface area contributed by atoms with Crippen molar-refractivity contribution in [3.05, 3.63) is 23.8 Å². The first-order valence-electron chi connectivity index (χ1n) is 6.44. The molecule has 0 saturated heterocycles. The molecule has 3 nitrogen and oxygen atoms in total. The lowest BCUT2D eigenvalue weighted by molar-refractivity contribution is 0.0987. The van der Waals surface area contributed by atoms with E-state index in [-0.39, 0.29) is 18.0 Å². The molecule has 0 unspecified atom stereocenters. The van der Waals surface area contributed by atoms with E-state index in [2.05, 4.69) is 0 Å². The summed E-state index contributed by atoms with van der Waals surface area (Å²) in [4.78, 5) is 11.7. The standard InChI is InChI=1S/C15H22O3/c1-6-13(16)12-7-8-14(17-10(2)3)15(9-12)18-11(4)5/h7-11H,6H2,1-5H3. The first-order valence-corrected chi connectivity index (χ1v) is 6.44. The average molecular weight is 250 g/mol. The van der Waals surface area contributed by atoms with Crippen LogP contribution in [0.5, 0.6) is 11.5 Å². The Morgan fingerprint density at radius 2 is 1.61 bits per heavy atom. The first-order chi connectivity index (χ1) is 8.43. The van der Waals surface area contributed by atoms with E-state index in [1.54, 1.807) is 18.2 Å². The van der Waals surface area contributed by atoms with E-state index >= 15 is 0 Å². The van der Waals surface area contributed by atoms with E-state index in [1.807, 2.05) is 34.6 Å². The lowest BCUT2D eigenvalue weighted by Crippen LogP contribution is -2.11. The Balaban J connectivity index is 3.07. The fourth-order valence-corrected chi connectivity index (χ4v) is 1.58. The van der Waals surface area contributed by atoms with Crippen molar-refractivity contribution in [3.63, 3.8) is 0 Å². The molecule has 1 aromatic rings. The molecular weight excluding hydrogens is 228 g/mol. The van der Waals surface area contributed by atoms with Gasteiger partial charge in [-0.1, -0.05) is 6.92 Å². The van der Waals surface area contributed by atoms with Gasteiger partial charge in [-0.2, -0.15) is 0 Å². The van der Waals surface area contributed by atoms with Gasteiger partial charge in [-0.15, -0.1) is 0 Å². The molecule has 0 N–H and O–H groups in total. The minimum atomic E-state index is 0.0477. The van der Waals surface area contributed by atoms with Gasteiger partial charge in [0, 0.05) is 12.0 Å². The number of carbonyl (C=O) groups is 1. The highest BCUT2D eigenvalue weighted by Gasteiger charge is 2.12. The molecule has 100 valence electrons. The molecule has 3 heteroatoms. The highest BCUT2D eigenvalue weighted by molar-refractivity contribution is 5.96. The van der Waals surface area contributed by atoms with Gasteiger partial charge in [0.25, 0.3) is 0 Å². The summed E-state index contributed by atoms with van der Waals surface area (Å²) >= 11 is 0. The number of carbonyl (C=O) groups excluding carboxylic acids is 1. The zero-order chi connectivity index (χ0) is 13.7. The molecule has 0 aliphatic heterocycles. The van der Waals surface area contributed by atoms with Crippen molar-refractivity contribution in [2.75, 3.05) is 0 Å². The highest BCUT2D eigenvalue weighted by atomic mass is 16.5. The second-order valence-electron chi connectivity index (χ2n) is 4.77. The summed E-state index contributed by atoms with van der Waals surface area (Å²) in [6.07, 6.45) is 0.615. The third-order valence-corrected chi connectivity index (χ3v) is 2.31. The predicted molar refractivity (Wildman–Crippen MR) is 72.6 cm³/mol. The molecule has 0 atom stereocenters. The van der Waals surface area contributed by atoms with Crippen molar-refractivity contribution in [2.45, 2.75) is 53.2 Å². The number of benzene rings is 1. The molecule has 18 heavy (non-hydrogen) atoms. The Labute approximate surface area is 109 Å². The van der Waals surface area contributed by atoms with E-state index in [0.29, 0.717) is 23.5 Å². The van der Waals surface area contributed by atoms with Crippen LogP contribution in [0.15, 0.2) is 18.2 Å². The number of rotatable bonds is 6. The Morgan fingerprint density at radius 1 is 1.06 bits per heavy atom. The monoisotopic (exact) mass is 250 g/mol. The molecule has 0 saturated carbocycles. The molecule has 0 aliphatic rings. The van der Waals surface area contributed by atoms with E-state index in [9.17, 15) is 4.79 Å². The fraction of sp³-hybridized carbons (Fsp3) is 0.533. The summed E-state index contributed by atoms with van der Waals surface area (Å²) < 4.78 is 11.4. The van der Waals surface area contributed by atoms with Gasteiger partial charge in [0.05, 0.1) is 12.2 Å². The molecule has 0 aliphatic carbocycles. The van der Waals surface area contributed by atoms with E-state index in [4.69, 9.17) is 9.47 Å². The number of Topliss-reactive ketones (excluding diaryl/α,β-unsaturated/α-hetero) is 1. The lowest BCUT2D eigenvalue weighted by Gasteiger charge is -2.17. The normalized spacial score (nSPS) is 10.8. The van der Waals surface area contributed by atoms with E-state index < -0.39 is 0 Å². The minimum Gasteiger partial charge on any atom is -0.487 e. The number of hydrogen-bond donors (Lipinski definition) is 0. The second kappa shape index (κ2) is 6.43. The maximum atomic E-state index is 11.7. The van der Waals surface area contributed by atoms with Gasteiger partial charge < -0.3 is 9.47 Å². The van der Waals surface area contributed by atoms with E-state index in [1.165, 1.54) is 0 Å². The van der Waals surface area contributed by atoms with Crippen LogP contribution in [0.2, 0.25) is 0 Å². The number of ketones is 1. The van der Waals surface area contributed by atoms with Gasteiger partial charge in [0.2, 0.25) is 0 Å². The third-order valence-electron chi connectivity index (χ3n) is 2.31. The fourth-order valence-electron chi connectivity index (χ4n) is 1.58. The molecular formula is C15H22O3. The summed E-state index contributed by atoms with van der Waals surface area (Å²) in [6, 6.07) is 5.36. The van der Waals surface area contributed by atoms with Crippen LogP contribution in [0.4, 0.5) is 0 Å². The van der Waals surface area contributed by atoms with Crippen molar-refractivity contribution in [1.29, 1.82) is 0 Å². The van der Waals surface area contributed by atoms with Gasteiger partial charge in [-0.3, -0.25) is 4.79 Å². The van der Waals surface area contributed by atoms with Crippen LogP contribution in [-0.2, 0) is 0 Å². The molecule has 1 aromatic carbocycles. The largest absolute Gasteiger partial charge is 0.487 e. The topological polar surface area (TPSA) is 35.5 Å². The van der Waals surface area contributed by atoms with Crippen LogP contribution < -0.4 is 9.47 Å². The molecule has 0 radical (unpaired) electrons. The van der Waals surface area contributed by atoms with Crippen LogP contribution >= 0.6 is 0 Å². The summed E-state index contributed by atoms with van der Waals surface area (Å²) in [5.74, 6) is 1.43. The van der Waals surface area contributed by atoms with Gasteiger partial charge in [-0.25, -0.2) is 0 Å². The zero-order valence-electron chi connectivity index (χ0n) is 11.8. The summed E-state index contributed by atoms with van der Waals surface area (Å²) in [5, 5.41) is 0. The smallest absolute Gasteiger partial charge is 0.162 e. The molecule has 0 fully saturated rings. The van der Waals surface area contributed by atoms with Gasteiger partial charge in [-0.05, 0) is 45.9 Å². The number of ether oxygens (including phenoxy) is 2. The van der Waals surface area contributed by atoms with Crippen LogP contribution in [-0.4, -0.2) is 18.0 Å². The van der Waals surface area contributed by atoms with Crippen LogP contribution in [0.3, 0.4) is 0 Å². The Morgan fingerprint density at radius 3 is 2.11 bits per heavy atom. The van der Waals surface area contributed by atoms with Gasteiger partial charge in [0.1, 0.15) is 0 Å². The minimum absolute atomic E-state index is 0.0477. The van der Waals surface area contributed by atoms with Crippen LogP contribution in [0.25, 0.3) is 0 Å². The lowest BCUT2D eigenvalue weighted by atomic mass is 10.1. The van der Waals surface area contributed by atoms with Crippen molar-refractivity contribution >= 4 is 5.78 Å². The molecule has 0 aromatic heterocycles. The van der Waals surface area contributed by atoms with Crippen molar-refractivity contribution in [1.82, 2.24) is 0 Å². The molecule has 0 bridgehead atoms. The summed E-state index contributed by atoms with van der Waals surface area (Å²) in [6.45, 7) is 9.68. The summed E-state index contributed by atoms with van der Waals surface area (Å²) in [5.41, 5.74) is 0.671. The van der Waals surface area contributed by atoms with Gasteiger partial charge >= 0.3 is 0 Å². The Bertz CT molecular complexity index is 408. The van der Waals surface area contributed by atoms with Crippen molar-refractivity contribution in [3.8, 4) is 11.5 Å².